The van der Waals surface area contributed by atoms with Crippen molar-refractivity contribution in [3.8, 4) is 11.5 Å². The molecule has 0 radical (unpaired) electrons. The number of nitrogens with zero attached hydrogens (tertiary/aromatic N) is 1. The van der Waals surface area contributed by atoms with Crippen molar-refractivity contribution in [1.82, 2.24) is 4.57 Å². The highest BCUT2D eigenvalue weighted by atomic mass is 35.5. The zero-order valence-electron chi connectivity index (χ0n) is 23.7. The van der Waals surface area contributed by atoms with E-state index in [1.807, 2.05) is 98.8 Å². The van der Waals surface area contributed by atoms with E-state index in [2.05, 4.69) is 0 Å². The third-order valence-corrected chi connectivity index (χ3v) is 7.18. The van der Waals surface area contributed by atoms with E-state index in [-0.39, 0.29) is 13.0 Å². The second-order valence-electron chi connectivity index (χ2n) is 9.96. The molecule has 0 saturated heterocycles. The largest absolute Gasteiger partial charge is 0.490 e. The fourth-order valence-corrected chi connectivity index (χ4v) is 5.12. The van der Waals surface area contributed by atoms with Gasteiger partial charge in [0, 0.05) is 17.5 Å². The SMILES string of the molecule is Cc1ccc(OCC=CCOc2ccc(C=Cc3cccc4c(CCCC(=O)O)c(C)n(CC(=O)O)c34)cc2)c(Cl)c1. The van der Waals surface area contributed by atoms with Crippen molar-refractivity contribution in [2.24, 2.45) is 0 Å². The summed E-state index contributed by atoms with van der Waals surface area (Å²) < 4.78 is 13.3. The van der Waals surface area contributed by atoms with Crippen LogP contribution in [0.25, 0.3) is 23.1 Å². The number of carbonyl (C=O) groups is 2. The molecule has 3 aromatic carbocycles. The predicted octanol–water partition coefficient (Wildman–Crippen LogP) is 7.59. The van der Waals surface area contributed by atoms with Crippen LogP contribution in [0.15, 0.2) is 72.8 Å². The molecule has 0 saturated carbocycles. The van der Waals surface area contributed by atoms with E-state index >= 15 is 0 Å². The molecule has 7 nitrogen and oxygen atoms in total. The summed E-state index contributed by atoms with van der Waals surface area (Å²) in [6.07, 6.45) is 8.85. The lowest BCUT2D eigenvalue weighted by molar-refractivity contribution is -0.138. The van der Waals surface area contributed by atoms with Crippen LogP contribution >= 0.6 is 11.6 Å². The van der Waals surface area contributed by atoms with E-state index < -0.39 is 11.9 Å². The number of hydrogen-bond donors (Lipinski definition) is 2. The molecule has 2 N–H and O–H groups in total. The Morgan fingerprint density at radius 2 is 1.64 bits per heavy atom. The van der Waals surface area contributed by atoms with E-state index in [9.17, 15) is 14.7 Å². The standard InChI is InChI=1S/C34H34ClNO6/c1-23-11-18-31(30(35)21-23)42-20-4-3-19-41-27-16-13-25(14-17-27)12-15-26-7-5-9-29-28(8-6-10-32(37)38)24(2)36(34(26)29)22-33(39)40/h3-5,7,9,11-18,21H,6,8,10,19-20,22H2,1-2H3,(H,37,38)(H,39,40). The van der Waals surface area contributed by atoms with Gasteiger partial charge in [0.25, 0.3) is 0 Å². The van der Waals surface area contributed by atoms with Gasteiger partial charge in [-0.2, -0.15) is 0 Å². The zero-order valence-corrected chi connectivity index (χ0v) is 24.4. The Hall–Kier alpha value is -4.49. The Morgan fingerprint density at radius 3 is 2.33 bits per heavy atom. The Labute approximate surface area is 250 Å². The molecule has 218 valence electrons. The first-order chi connectivity index (χ1) is 20.2. The number of benzene rings is 3. The van der Waals surface area contributed by atoms with Gasteiger partial charge in [0.15, 0.2) is 0 Å². The number of carboxylic acid groups (broad SMARTS) is 2. The van der Waals surface area contributed by atoms with Crippen LogP contribution < -0.4 is 9.47 Å². The summed E-state index contributed by atoms with van der Waals surface area (Å²) in [6, 6.07) is 19.3. The Morgan fingerprint density at radius 1 is 0.905 bits per heavy atom. The number of ether oxygens (including phenoxy) is 2. The van der Waals surface area contributed by atoms with E-state index in [1.54, 1.807) is 4.57 Å². The minimum Gasteiger partial charge on any atom is -0.490 e. The molecule has 0 fully saturated rings. The number of aromatic nitrogens is 1. The fraction of sp³-hybridized carbons (Fsp3) is 0.235. The lowest BCUT2D eigenvalue weighted by Crippen LogP contribution is -2.10. The van der Waals surface area contributed by atoms with E-state index in [4.69, 9.17) is 26.2 Å². The summed E-state index contributed by atoms with van der Waals surface area (Å²) in [5.74, 6) is -0.389. The van der Waals surface area contributed by atoms with Gasteiger partial charge in [0.1, 0.15) is 31.3 Å². The van der Waals surface area contributed by atoms with Crippen LogP contribution in [0.2, 0.25) is 5.02 Å². The third kappa shape index (κ3) is 8.04. The first-order valence-corrected chi connectivity index (χ1v) is 14.1. The van der Waals surface area contributed by atoms with Gasteiger partial charge in [0.2, 0.25) is 0 Å². The quantitative estimate of drug-likeness (QED) is 0.116. The molecule has 8 heteroatoms. The number of hydrogen-bond acceptors (Lipinski definition) is 4. The molecule has 0 unspecified atom stereocenters. The lowest BCUT2D eigenvalue weighted by atomic mass is 10.0. The number of carboxylic acids is 2. The van der Waals surface area contributed by atoms with Crippen LogP contribution in [0.5, 0.6) is 11.5 Å². The summed E-state index contributed by atoms with van der Waals surface area (Å²) >= 11 is 6.19. The average molecular weight is 588 g/mol. The predicted molar refractivity (Wildman–Crippen MR) is 167 cm³/mol. The zero-order chi connectivity index (χ0) is 30.1. The average Bonchev–Trinajstić information content (AvgIpc) is 3.21. The van der Waals surface area contributed by atoms with Gasteiger partial charge in [-0.05, 0) is 85.4 Å². The second kappa shape index (κ2) is 14.4. The van der Waals surface area contributed by atoms with Gasteiger partial charge >= 0.3 is 11.9 Å². The molecule has 0 amide bonds. The van der Waals surface area contributed by atoms with Crippen LogP contribution in [-0.4, -0.2) is 39.9 Å². The minimum atomic E-state index is -0.931. The van der Waals surface area contributed by atoms with Crippen molar-refractivity contribution in [1.29, 1.82) is 0 Å². The highest BCUT2D eigenvalue weighted by Gasteiger charge is 2.18. The molecule has 0 aliphatic heterocycles. The molecule has 0 spiro atoms. The second-order valence-corrected chi connectivity index (χ2v) is 10.4. The van der Waals surface area contributed by atoms with Gasteiger partial charge < -0.3 is 24.3 Å². The summed E-state index contributed by atoms with van der Waals surface area (Å²) in [7, 11) is 0. The maximum Gasteiger partial charge on any atom is 0.323 e. The van der Waals surface area contributed by atoms with E-state index in [0.717, 1.165) is 44.6 Å². The molecule has 1 heterocycles. The van der Waals surface area contributed by atoms with Gasteiger partial charge in [-0.1, -0.05) is 60.2 Å². The first kappa shape index (κ1) is 30.5. The van der Waals surface area contributed by atoms with E-state index in [1.165, 1.54) is 0 Å². The van der Waals surface area contributed by atoms with Gasteiger partial charge in [-0.3, -0.25) is 9.59 Å². The highest BCUT2D eigenvalue weighted by Crippen LogP contribution is 2.31. The van der Waals surface area contributed by atoms with Gasteiger partial charge in [-0.15, -0.1) is 0 Å². The number of rotatable bonds is 14. The van der Waals surface area contributed by atoms with Crippen molar-refractivity contribution < 1.29 is 29.3 Å². The van der Waals surface area contributed by atoms with Gasteiger partial charge in [-0.25, -0.2) is 0 Å². The maximum atomic E-state index is 11.7. The maximum absolute atomic E-state index is 11.7. The first-order valence-electron chi connectivity index (χ1n) is 13.7. The number of para-hydroxylation sites is 1. The third-order valence-electron chi connectivity index (χ3n) is 6.89. The van der Waals surface area contributed by atoms with Crippen LogP contribution in [0, 0.1) is 13.8 Å². The van der Waals surface area contributed by atoms with Crippen LogP contribution in [0.1, 0.15) is 40.8 Å². The normalized spacial score (nSPS) is 11.5. The lowest BCUT2D eigenvalue weighted by Gasteiger charge is -2.08. The number of aryl methyl sites for hydroxylation is 2. The molecule has 0 atom stereocenters. The van der Waals surface area contributed by atoms with Crippen molar-refractivity contribution in [2.75, 3.05) is 13.2 Å². The van der Waals surface area contributed by atoms with Crippen molar-refractivity contribution in [3.05, 3.63) is 106 Å². The molecular formula is C34H34ClNO6. The molecule has 0 aliphatic carbocycles. The molecular weight excluding hydrogens is 554 g/mol. The van der Waals surface area contributed by atoms with Crippen molar-refractivity contribution in [2.45, 2.75) is 39.7 Å². The Kier molecular flexibility index (Phi) is 10.5. The Bertz CT molecular complexity index is 1620. The van der Waals surface area contributed by atoms with Crippen LogP contribution in [0.3, 0.4) is 0 Å². The van der Waals surface area contributed by atoms with E-state index in [0.29, 0.717) is 36.8 Å². The van der Waals surface area contributed by atoms with Crippen molar-refractivity contribution >= 4 is 46.6 Å². The molecule has 1 aromatic heterocycles. The summed E-state index contributed by atoms with van der Waals surface area (Å²) in [5.41, 5.74) is 5.60. The Balaban J connectivity index is 1.40. The molecule has 42 heavy (non-hydrogen) atoms. The molecule has 4 aromatic rings. The molecule has 4 rings (SSSR count). The van der Waals surface area contributed by atoms with Gasteiger partial charge in [0.05, 0.1) is 10.5 Å². The summed E-state index contributed by atoms with van der Waals surface area (Å²) in [5, 5.41) is 20.1. The summed E-state index contributed by atoms with van der Waals surface area (Å²) in [4.78, 5) is 22.7. The molecule has 0 bridgehead atoms. The summed E-state index contributed by atoms with van der Waals surface area (Å²) in [6.45, 7) is 4.50. The highest BCUT2D eigenvalue weighted by molar-refractivity contribution is 6.32. The smallest absolute Gasteiger partial charge is 0.323 e. The van der Waals surface area contributed by atoms with Crippen LogP contribution in [0.4, 0.5) is 0 Å². The number of halogens is 1. The minimum absolute atomic E-state index is 0.0678. The van der Waals surface area contributed by atoms with Crippen molar-refractivity contribution in [3.63, 3.8) is 0 Å². The fourth-order valence-electron chi connectivity index (χ4n) is 4.83. The number of fused-ring (bicyclic) bond motifs is 1. The monoisotopic (exact) mass is 587 g/mol. The molecule has 0 aliphatic rings. The number of aliphatic carboxylic acids is 2. The van der Waals surface area contributed by atoms with Crippen LogP contribution in [-0.2, 0) is 22.6 Å². The topological polar surface area (TPSA) is 98.0 Å².